The maximum atomic E-state index is 13.2. The number of hydrogen-bond acceptors (Lipinski definition) is 7. The molecule has 1 aromatic carbocycles. The molecule has 3 aliphatic rings. The molecule has 25 heavy (non-hydrogen) atoms. The summed E-state index contributed by atoms with van der Waals surface area (Å²) in [5, 5.41) is 0. The summed E-state index contributed by atoms with van der Waals surface area (Å²) in [4.78, 5) is 37.9. The maximum Gasteiger partial charge on any atom is 0.308 e. The molecule has 7 heteroatoms. The van der Waals surface area contributed by atoms with Gasteiger partial charge >= 0.3 is 5.97 Å². The fourth-order valence-corrected chi connectivity index (χ4v) is 4.25. The molecule has 0 unspecified atom stereocenters. The molecule has 0 amide bonds. The first-order chi connectivity index (χ1) is 11.9. The van der Waals surface area contributed by atoms with E-state index >= 15 is 0 Å². The lowest BCUT2D eigenvalue weighted by atomic mass is 9.68. The molecule has 1 aliphatic carbocycles. The highest BCUT2D eigenvalue weighted by Gasteiger charge is 2.85. The molecular weight excluding hydrogens is 328 g/mol. The Balaban J connectivity index is 1.78. The Labute approximate surface area is 144 Å². The van der Waals surface area contributed by atoms with Crippen LogP contribution in [0, 0.1) is 0 Å². The molecule has 1 aromatic rings. The van der Waals surface area contributed by atoms with E-state index in [9.17, 15) is 14.4 Å². The second-order valence-corrected chi connectivity index (χ2v) is 6.59. The Hall–Kier alpha value is -2.25. The van der Waals surface area contributed by atoms with Gasteiger partial charge in [-0.3, -0.25) is 14.4 Å². The summed E-state index contributed by atoms with van der Waals surface area (Å²) in [5.41, 5.74) is -2.06. The zero-order valence-corrected chi connectivity index (χ0v) is 14.2. The van der Waals surface area contributed by atoms with Crippen molar-refractivity contribution < 1.29 is 33.3 Å². The van der Waals surface area contributed by atoms with E-state index < -0.39 is 29.4 Å². The Kier molecular flexibility index (Phi) is 3.33. The largest absolute Gasteiger partial charge is 0.496 e. The average Bonchev–Trinajstić information content (AvgIpc) is 3.31. The SMILES string of the molecule is COC(=O)C[C@@H]1C[C@]23O[C@]2(C(=O)c2c(OC)cccc2C3=O)[C@@H](C)O1. The van der Waals surface area contributed by atoms with Gasteiger partial charge in [0, 0.05) is 12.0 Å². The minimum absolute atomic E-state index is 0.00840. The topological polar surface area (TPSA) is 91.4 Å². The highest BCUT2D eigenvalue weighted by molar-refractivity contribution is 6.26. The van der Waals surface area contributed by atoms with Gasteiger partial charge in [0.2, 0.25) is 5.78 Å². The summed E-state index contributed by atoms with van der Waals surface area (Å²) in [6.07, 6.45) is -1.05. The smallest absolute Gasteiger partial charge is 0.308 e. The van der Waals surface area contributed by atoms with Gasteiger partial charge in [-0.2, -0.15) is 0 Å². The van der Waals surface area contributed by atoms with Crippen LogP contribution in [0.15, 0.2) is 18.2 Å². The van der Waals surface area contributed by atoms with Crippen LogP contribution >= 0.6 is 0 Å². The number of esters is 1. The van der Waals surface area contributed by atoms with Crippen LogP contribution in [-0.4, -0.2) is 55.2 Å². The Morgan fingerprint density at radius 3 is 2.72 bits per heavy atom. The third-order valence-electron chi connectivity index (χ3n) is 5.42. The van der Waals surface area contributed by atoms with E-state index in [0.29, 0.717) is 11.3 Å². The molecule has 0 radical (unpaired) electrons. The lowest BCUT2D eigenvalue weighted by molar-refractivity contribution is -0.146. The number of ketones is 2. The number of epoxide rings is 1. The van der Waals surface area contributed by atoms with Crippen molar-refractivity contribution in [2.45, 2.75) is 43.2 Å². The molecule has 2 aliphatic heterocycles. The molecule has 0 spiro atoms. The number of carbonyl (C=O) groups excluding carboxylic acids is 3. The maximum absolute atomic E-state index is 13.2. The third-order valence-corrected chi connectivity index (χ3v) is 5.42. The molecule has 2 fully saturated rings. The van der Waals surface area contributed by atoms with Crippen LogP contribution in [0.25, 0.3) is 0 Å². The highest BCUT2D eigenvalue weighted by Crippen LogP contribution is 2.63. The summed E-state index contributed by atoms with van der Waals surface area (Å²) >= 11 is 0. The number of benzene rings is 1. The Morgan fingerprint density at radius 2 is 2.04 bits per heavy atom. The monoisotopic (exact) mass is 346 g/mol. The van der Waals surface area contributed by atoms with Crippen molar-refractivity contribution in [2.24, 2.45) is 0 Å². The molecular formula is C18H18O7. The lowest BCUT2D eigenvalue weighted by Gasteiger charge is -2.37. The number of Topliss-reactive ketones (excluding diaryl/α,β-unsaturated/α-hetero) is 2. The van der Waals surface area contributed by atoms with Crippen molar-refractivity contribution in [1.29, 1.82) is 0 Å². The third kappa shape index (κ3) is 1.85. The van der Waals surface area contributed by atoms with Crippen molar-refractivity contribution in [3.63, 3.8) is 0 Å². The summed E-state index contributed by atoms with van der Waals surface area (Å²) in [6.45, 7) is 1.69. The van der Waals surface area contributed by atoms with Crippen LogP contribution in [0.5, 0.6) is 5.75 Å². The van der Waals surface area contributed by atoms with Gasteiger partial charge in [0.25, 0.3) is 0 Å². The summed E-state index contributed by atoms with van der Waals surface area (Å²) in [6, 6.07) is 4.92. The van der Waals surface area contributed by atoms with Crippen molar-refractivity contribution in [3.05, 3.63) is 29.3 Å². The number of rotatable bonds is 3. The van der Waals surface area contributed by atoms with Crippen molar-refractivity contribution >= 4 is 17.5 Å². The predicted molar refractivity (Wildman–Crippen MR) is 83.8 cm³/mol. The van der Waals surface area contributed by atoms with Crippen LogP contribution in [0.2, 0.25) is 0 Å². The summed E-state index contributed by atoms with van der Waals surface area (Å²) in [7, 11) is 2.75. The van der Waals surface area contributed by atoms with Gasteiger partial charge in [0.15, 0.2) is 17.0 Å². The quantitative estimate of drug-likeness (QED) is 0.602. The van der Waals surface area contributed by atoms with E-state index in [-0.39, 0.29) is 30.0 Å². The normalized spacial score (nSPS) is 35.3. The van der Waals surface area contributed by atoms with Crippen LogP contribution in [0.3, 0.4) is 0 Å². The standard InChI is InChI=1S/C18H18O7/c1-9-18-16(21)14-11(5-4-6-12(14)22-2)15(20)17(18,25-18)8-10(24-9)7-13(19)23-3/h4-6,9-10H,7-8H2,1-3H3/t9-,10-,17-,18+/m1/s1. The van der Waals surface area contributed by atoms with Crippen LogP contribution in [-0.2, 0) is 19.0 Å². The second kappa shape index (κ2) is 5.12. The van der Waals surface area contributed by atoms with Crippen LogP contribution in [0.1, 0.15) is 40.5 Å². The van der Waals surface area contributed by atoms with Gasteiger partial charge in [0.1, 0.15) is 5.75 Å². The second-order valence-electron chi connectivity index (χ2n) is 6.59. The number of hydrogen-bond donors (Lipinski definition) is 0. The first-order valence-electron chi connectivity index (χ1n) is 8.10. The molecule has 2 saturated heterocycles. The van der Waals surface area contributed by atoms with E-state index in [1.807, 2.05) is 0 Å². The van der Waals surface area contributed by atoms with E-state index in [1.54, 1.807) is 25.1 Å². The number of methoxy groups -OCH3 is 2. The van der Waals surface area contributed by atoms with E-state index in [1.165, 1.54) is 14.2 Å². The number of ether oxygens (including phenoxy) is 4. The van der Waals surface area contributed by atoms with Crippen molar-refractivity contribution in [3.8, 4) is 5.75 Å². The fraction of sp³-hybridized carbons (Fsp3) is 0.500. The lowest BCUT2D eigenvalue weighted by Crippen LogP contribution is -2.57. The van der Waals surface area contributed by atoms with Gasteiger partial charge in [-0.15, -0.1) is 0 Å². The zero-order chi connectivity index (χ0) is 18.0. The van der Waals surface area contributed by atoms with Crippen molar-refractivity contribution in [2.75, 3.05) is 14.2 Å². The molecule has 132 valence electrons. The molecule has 0 N–H and O–H groups in total. The van der Waals surface area contributed by atoms with E-state index in [2.05, 4.69) is 4.74 Å². The van der Waals surface area contributed by atoms with E-state index in [4.69, 9.17) is 14.2 Å². The zero-order valence-electron chi connectivity index (χ0n) is 14.2. The minimum atomic E-state index is -1.33. The Morgan fingerprint density at radius 1 is 1.28 bits per heavy atom. The molecule has 2 heterocycles. The van der Waals surface area contributed by atoms with Gasteiger partial charge in [-0.1, -0.05) is 12.1 Å². The van der Waals surface area contributed by atoms with Gasteiger partial charge in [-0.25, -0.2) is 0 Å². The average molecular weight is 346 g/mol. The highest BCUT2D eigenvalue weighted by atomic mass is 16.7. The Bertz CT molecular complexity index is 801. The first-order valence-corrected chi connectivity index (χ1v) is 8.10. The molecule has 4 atom stereocenters. The summed E-state index contributed by atoms with van der Waals surface area (Å²) < 4.78 is 21.6. The summed E-state index contributed by atoms with van der Waals surface area (Å²) in [5.74, 6) is -0.647. The number of fused-ring (bicyclic) bond motifs is 1. The number of carbonyl (C=O) groups is 3. The van der Waals surface area contributed by atoms with Crippen LogP contribution in [0.4, 0.5) is 0 Å². The molecule has 0 aromatic heterocycles. The fourth-order valence-electron chi connectivity index (χ4n) is 4.25. The molecule has 7 nitrogen and oxygen atoms in total. The first kappa shape index (κ1) is 16.2. The predicted octanol–water partition coefficient (Wildman–Crippen LogP) is 1.32. The van der Waals surface area contributed by atoms with Gasteiger partial charge in [0.05, 0.1) is 38.4 Å². The minimum Gasteiger partial charge on any atom is -0.496 e. The van der Waals surface area contributed by atoms with Crippen molar-refractivity contribution in [1.82, 2.24) is 0 Å². The molecule has 0 bridgehead atoms. The molecule has 4 rings (SSSR count). The van der Waals surface area contributed by atoms with Gasteiger partial charge < -0.3 is 18.9 Å². The molecule has 0 saturated carbocycles. The van der Waals surface area contributed by atoms with Crippen LogP contribution < -0.4 is 4.74 Å². The van der Waals surface area contributed by atoms with Gasteiger partial charge in [-0.05, 0) is 13.0 Å². The van der Waals surface area contributed by atoms with E-state index in [0.717, 1.165) is 0 Å².